The van der Waals surface area contributed by atoms with Crippen LogP contribution in [0.3, 0.4) is 0 Å². The second kappa shape index (κ2) is 11.3. The lowest BCUT2D eigenvalue weighted by atomic mass is 10.2. The number of aliphatic carboxylic acids is 1. The molecule has 0 amide bonds. The van der Waals surface area contributed by atoms with E-state index in [4.69, 9.17) is 19.7 Å². The van der Waals surface area contributed by atoms with E-state index in [9.17, 15) is 13.2 Å². The maximum Gasteiger partial charge on any atom is 0.490 e. The van der Waals surface area contributed by atoms with Crippen molar-refractivity contribution in [1.29, 1.82) is 0 Å². The SMILES string of the molecule is O=C(O)C(F)(F)F.OCCOCCNCc1ccc(-n2cccc2)cc1. The molecule has 1 aromatic carbocycles. The van der Waals surface area contributed by atoms with Gasteiger partial charge in [0.2, 0.25) is 0 Å². The number of halogens is 3. The van der Waals surface area contributed by atoms with Crippen molar-refractivity contribution in [2.45, 2.75) is 12.7 Å². The van der Waals surface area contributed by atoms with E-state index in [1.807, 2.05) is 24.5 Å². The zero-order chi connectivity index (χ0) is 19.4. The van der Waals surface area contributed by atoms with Gasteiger partial charge in [-0.25, -0.2) is 4.79 Å². The van der Waals surface area contributed by atoms with E-state index in [-0.39, 0.29) is 6.61 Å². The fourth-order valence-corrected chi connectivity index (χ4v) is 1.84. The number of hydrogen-bond donors (Lipinski definition) is 3. The van der Waals surface area contributed by atoms with Gasteiger partial charge in [0.15, 0.2) is 0 Å². The van der Waals surface area contributed by atoms with Gasteiger partial charge in [0.05, 0.1) is 19.8 Å². The van der Waals surface area contributed by atoms with E-state index in [2.05, 4.69) is 34.1 Å². The molecule has 2 aromatic rings. The Morgan fingerprint density at radius 1 is 1.12 bits per heavy atom. The fraction of sp³-hybridized carbons (Fsp3) is 0.353. The van der Waals surface area contributed by atoms with Crippen LogP contribution in [-0.4, -0.2) is 53.3 Å². The largest absolute Gasteiger partial charge is 0.490 e. The number of ether oxygens (including phenoxy) is 1. The van der Waals surface area contributed by atoms with Gasteiger partial charge in [-0.05, 0) is 29.8 Å². The normalized spacial score (nSPS) is 10.9. The van der Waals surface area contributed by atoms with Crippen LogP contribution in [0, 0.1) is 0 Å². The van der Waals surface area contributed by atoms with Crippen LogP contribution in [0.4, 0.5) is 13.2 Å². The van der Waals surface area contributed by atoms with Gasteiger partial charge in [-0.15, -0.1) is 0 Å². The Bertz CT molecular complexity index is 628. The number of benzene rings is 1. The van der Waals surface area contributed by atoms with Gasteiger partial charge in [0.1, 0.15) is 0 Å². The first-order valence-corrected chi connectivity index (χ1v) is 7.76. The Balaban J connectivity index is 0.000000412. The summed E-state index contributed by atoms with van der Waals surface area (Å²) in [4.78, 5) is 8.90. The van der Waals surface area contributed by atoms with Crippen molar-refractivity contribution >= 4 is 5.97 Å². The van der Waals surface area contributed by atoms with E-state index < -0.39 is 12.1 Å². The number of nitrogens with zero attached hydrogens (tertiary/aromatic N) is 1. The molecule has 0 aliphatic carbocycles. The van der Waals surface area contributed by atoms with Crippen LogP contribution in [0.1, 0.15) is 5.56 Å². The molecule has 0 saturated carbocycles. The van der Waals surface area contributed by atoms with Crippen LogP contribution in [-0.2, 0) is 16.1 Å². The summed E-state index contributed by atoms with van der Waals surface area (Å²) in [5.74, 6) is -2.76. The molecule has 144 valence electrons. The summed E-state index contributed by atoms with van der Waals surface area (Å²) in [5, 5.41) is 19.0. The number of aromatic nitrogens is 1. The van der Waals surface area contributed by atoms with Crippen LogP contribution in [0.5, 0.6) is 0 Å². The monoisotopic (exact) mass is 374 g/mol. The maximum absolute atomic E-state index is 10.6. The molecule has 0 radical (unpaired) electrons. The topological polar surface area (TPSA) is 83.7 Å². The highest BCUT2D eigenvalue weighted by Crippen LogP contribution is 2.13. The predicted molar refractivity (Wildman–Crippen MR) is 89.1 cm³/mol. The molecule has 2 rings (SSSR count). The molecule has 0 spiro atoms. The molecule has 0 saturated heterocycles. The quantitative estimate of drug-likeness (QED) is 0.617. The standard InChI is InChI=1S/C15H20N2O2.C2HF3O2/c18-10-12-19-11-7-16-13-14-3-5-15(6-4-14)17-8-1-2-9-17;3-2(4,5)1(6)7/h1-6,8-9,16,18H,7,10-13H2;(H,6,7). The molecule has 1 heterocycles. The molecule has 6 nitrogen and oxygen atoms in total. The molecule has 1 aromatic heterocycles. The van der Waals surface area contributed by atoms with E-state index in [1.165, 1.54) is 11.3 Å². The van der Waals surface area contributed by atoms with Gasteiger partial charge in [0.25, 0.3) is 0 Å². The number of carboxylic acids is 1. The van der Waals surface area contributed by atoms with Crippen molar-refractivity contribution in [3.8, 4) is 5.69 Å². The average Bonchev–Trinajstić information content (AvgIpc) is 3.13. The third-order valence-electron chi connectivity index (χ3n) is 3.07. The van der Waals surface area contributed by atoms with Crippen LogP contribution in [0.25, 0.3) is 5.69 Å². The Morgan fingerprint density at radius 2 is 1.69 bits per heavy atom. The van der Waals surface area contributed by atoms with E-state index in [0.29, 0.717) is 13.2 Å². The average molecular weight is 374 g/mol. The van der Waals surface area contributed by atoms with Crippen molar-refractivity contribution in [3.63, 3.8) is 0 Å². The van der Waals surface area contributed by atoms with Gasteiger partial charge >= 0.3 is 12.1 Å². The Morgan fingerprint density at radius 3 is 2.19 bits per heavy atom. The van der Waals surface area contributed by atoms with Gasteiger partial charge in [-0.1, -0.05) is 12.1 Å². The van der Waals surface area contributed by atoms with Crippen LogP contribution < -0.4 is 5.32 Å². The highest BCUT2D eigenvalue weighted by Gasteiger charge is 2.38. The Labute approximate surface area is 148 Å². The minimum absolute atomic E-state index is 0.0842. The number of carbonyl (C=O) groups is 1. The molecule has 9 heteroatoms. The summed E-state index contributed by atoms with van der Waals surface area (Å²) < 4.78 is 39.0. The summed E-state index contributed by atoms with van der Waals surface area (Å²) in [6, 6.07) is 12.5. The lowest BCUT2D eigenvalue weighted by Gasteiger charge is -2.07. The number of carboxylic acid groups (broad SMARTS) is 1. The van der Waals surface area contributed by atoms with E-state index in [1.54, 1.807) is 0 Å². The zero-order valence-electron chi connectivity index (χ0n) is 13.9. The molecular formula is C17H21F3N2O4. The number of aliphatic hydroxyl groups excluding tert-OH is 1. The molecule has 0 fully saturated rings. The van der Waals surface area contributed by atoms with Crippen LogP contribution in [0.2, 0.25) is 0 Å². The van der Waals surface area contributed by atoms with Crippen molar-refractivity contribution in [2.75, 3.05) is 26.4 Å². The maximum atomic E-state index is 10.6. The minimum atomic E-state index is -5.08. The molecule has 0 atom stereocenters. The summed E-state index contributed by atoms with van der Waals surface area (Å²) >= 11 is 0. The number of alkyl halides is 3. The van der Waals surface area contributed by atoms with Crippen LogP contribution >= 0.6 is 0 Å². The Kier molecular flexibility index (Phi) is 9.42. The number of nitrogens with one attached hydrogen (secondary N) is 1. The van der Waals surface area contributed by atoms with Crippen molar-refractivity contribution < 1.29 is 32.9 Å². The van der Waals surface area contributed by atoms with E-state index >= 15 is 0 Å². The van der Waals surface area contributed by atoms with Crippen molar-refractivity contribution in [1.82, 2.24) is 9.88 Å². The minimum Gasteiger partial charge on any atom is -0.475 e. The number of rotatable bonds is 8. The predicted octanol–water partition coefficient (Wildman–Crippen LogP) is 2.21. The van der Waals surface area contributed by atoms with Gasteiger partial charge in [0, 0.05) is 31.2 Å². The Hall–Kier alpha value is -2.36. The lowest BCUT2D eigenvalue weighted by molar-refractivity contribution is -0.192. The molecule has 0 unspecified atom stereocenters. The summed E-state index contributed by atoms with van der Waals surface area (Å²) in [6.45, 7) is 2.74. The number of aliphatic hydroxyl groups is 1. The van der Waals surface area contributed by atoms with Gasteiger partial charge < -0.3 is 24.8 Å². The molecule has 0 aliphatic heterocycles. The smallest absolute Gasteiger partial charge is 0.475 e. The van der Waals surface area contributed by atoms with Crippen molar-refractivity contribution in [2.24, 2.45) is 0 Å². The second-order valence-electron chi connectivity index (χ2n) is 5.07. The highest BCUT2D eigenvalue weighted by molar-refractivity contribution is 5.73. The van der Waals surface area contributed by atoms with E-state index in [0.717, 1.165) is 13.1 Å². The second-order valence-corrected chi connectivity index (χ2v) is 5.07. The fourth-order valence-electron chi connectivity index (χ4n) is 1.84. The molecule has 0 bridgehead atoms. The molecule has 26 heavy (non-hydrogen) atoms. The van der Waals surface area contributed by atoms with Gasteiger partial charge in [-0.2, -0.15) is 13.2 Å². The first-order valence-electron chi connectivity index (χ1n) is 7.76. The lowest BCUT2D eigenvalue weighted by Crippen LogP contribution is -2.21. The van der Waals surface area contributed by atoms with Crippen molar-refractivity contribution in [3.05, 3.63) is 54.4 Å². The van der Waals surface area contributed by atoms with Crippen LogP contribution in [0.15, 0.2) is 48.8 Å². The molecular weight excluding hydrogens is 353 g/mol. The summed E-state index contributed by atoms with van der Waals surface area (Å²) in [6.07, 6.45) is -1.02. The number of hydrogen-bond acceptors (Lipinski definition) is 4. The first-order chi connectivity index (χ1) is 12.3. The first kappa shape index (κ1) is 21.7. The highest BCUT2D eigenvalue weighted by atomic mass is 19.4. The summed E-state index contributed by atoms with van der Waals surface area (Å²) in [5.41, 5.74) is 2.41. The third-order valence-corrected chi connectivity index (χ3v) is 3.07. The van der Waals surface area contributed by atoms with Gasteiger partial charge in [-0.3, -0.25) is 0 Å². The molecule has 3 N–H and O–H groups in total. The third kappa shape index (κ3) is 8.65. The zero-order valence-corrected chi connectivity index (χ0v) is 13.9. The molecule has 0 aliphatic rings. The summed E-state index contributed by atoms with van der Waals surface area (Å²) in [7, 11) is 0.